The van der Waals surface area contributed by atoms with E-state index in [-0.39, 0.29) is 34.0 Å². The quantitative estimate of drug-likeness (QED) is 0.445. The average Bonchev–Trinajstić information content (AvgIpc) is 2.35. The van der Waals surface area contributed by atoms with Crippen molar-refractivity contribution in [3.8, 4) is 0 Å². The summed E-state index contributed by atoms with van der Waals surface area (Å²) in [6.07, 6.45) is 1.45. The Bertz CT molecular complexity index is 500. The highest BCUT2D eigenvalue weighted by Gasteiger charge is 2.37. The fourth-order valence-electron chi connectivity index (χ4n) is 1.34. The number of hydrogen-bond acceptors (Lipinski definition) is 3. The maximum atomic E-state index is 14.2. The Morgan fingerprint density at radius 2 is 2.05 bits per heavy atom. The van der Waals surface area contributed by atoms with E-state index in [1.165, 1.54) is 12.3 Å². The lowest BCUT2D eigenvalue weighted by atomic mass is 10.1. The maximum absolute atomic E-state index is 14.2. The molecule has 1 aromatic heterocycles. The molecule has 1 heterocycles. The monoisotopic (exact) mass is 361 g/mol. The second-order valence-corrected chi connectivity index (χ2v) is 11.6. The van der Waals surface area contributed by atoms with Gasteiger partial charge in [0, 0.05) is 6.20 Å². The summed E-state index contributed by atoms with van der Waals surface area (Å²) >= 11 is 3.05. The molecule has 0 atom stereocenters. The molecule has 0 unspecified atom stereocenters. The van der Waals surface area contributed by atoms with Gasteiger partial charge in [-0.15, -0.1) is 0 Å². The van der Waals surface area contributed by atoms with Crippen LogP contribution in [0.5, 0.6) is 0 Å². The molecular weight excluding hydrogens is 341 g/mol. The fraction of sp³-hybridized carbons (Fsp3) is 0.571. The number of Topliss-reactive ketones (excluding diaryl/α,β-unsaturated/α-hetero) is 1. The van der Waals surface area contributed by atoms with Crippen LogP contribution in [0.2, 0.25) is 18.1 Å². The molecule has 112 valence electrons. The molecule has 1 rings (SSSR count). The Hall–Kier alpha value is -0.593. The molecule has 0 bridgehead atoms. The molecule has 0 spiro atoms. The number of nitrogens with zero attached hydrogens (tertiary/aromatic N) is 1. The molecule has 6 heteroatoms. The Morgan fingerprint density at radius 1 is 1.45 bits per heavy atom. The van der Waals surface area contributed by atoms with E-state index in [4.69, 9.17) is 4.43 Å². The molecule has 0 radical (unpaired) electrons. The van der Waals surface area contributed by atoms with Gasteiger partial charge in [0.05, 0.1) is 17.5 Å². The molecule has 0 aromatic carbocycles. The van der Waals surface area contributed by atoms with E-state index < -0.39 is 14.1 Å². The molecule has 0 saturated carbocycles. The molecular formula is C14H21BrFNO2Si. The van der Waals surface area contributed by atoms with Gasteiger partial charge >= 0.3 is 0 Å². The minimum Gasteiger partial charge on any atom is -0.411 e. The Kier molecular flexibility index (Phi) is 5.63. The second kappa shape index (κ2) is 6.45. The van der Waals surface area contributed by atoms with Gasteiger partial charge in [0.15, 0.2) is 19.9 Å². The smallest absolute Gasteiger partial charge is 0.192 e. The van der Waals surface area contributed by atoms with Gasteiger partial charge in [-0.1, -0.05) is 36.7 Å². The minimum atomic E-state index is -1.96. The van der Waals surface area contributed by atoms with Gasteiger partial charge in [-0.3, -0.25) is 9.78 Å². The first kappa shape index (κ1) is 17.5. The third kappa shape index (κ3) is 3.96. The van der Waals surface area contributed by atoms with Gasteiger partial charge in [-0.25, -0.2) is 4.39 Å². The van der Waals surface area contributed by atoms with Gasteiger partial charge in [-0.2, -0.15) is 0 Å². The molecule has 0 aliphatic heterocycles. The zero-order chi connectivity index (χ0) is 15.6. The number of pyridine rings is 1. The zero-order valence-corrected chi connectivity index (χ0v) is 15.2. The highest BCUT2D eigenvalue weighted by atomic mass is 79.9. The summed E-state index contributed by atoms with van der Waals surface area (Å²) in [7, 11) is -1.96. The van der Waals surface area contributed by atoms with Crippen molar-refractivity contribution < 1.29 is 13.6 Å². The van der Waals surface area contributed by atoms with E-state index in [1.54, 1.807) is 0 Å². The highest BCUT2D eigenvalue weighted by Crippen LogP contribution is 2.37. The van der Waals surface area contributed by atoms with Gasteiger partial charge in [0.2, 0.25) is 0 Å². The SMILES string of the molecule is CC(C)(C)[Si](C)(C)OCc1nccc(C(=O)CBr)c1F. The molecule has 0 fully saturated rings. The number of halogens is 2. The van der Waals surface area contributed by atoms with E-state index in [2.05, 4.69) is 54.8 Å². The zero-order valence-electron chi connectivity index (χ0n) is 12.6. The molecule has 0 N–H and O–H groups in total. The lowest BCUT2D eigenvalue weighted by molar-refractivity contribution is 0.101. The first-order valence-corrected chi connectivity index (χ1v) is 10.5. The summed E-state index contributed by atoms with van der Waals surface area (Å²) in [4.78, 5) is 15.6. The summed E-state index contributed by atoms with van der Waals surface area (Å²) in [6.45, 7) is 10.7. The number of hydrogen-bond donors (Lipinski definition) is 0. The van der Waals surface area contributed by atoms with Crippen LogP contribution in [0.25, 0.3) is 0 Å². The Morgan fingerprint density at radius 3 is 2.55 bits per heavy atom. The molecule has 0 amide bonds. The second-order valence-electron chi connectivity index (χ2n) is 6.22. The maximum Gasteiger partial charge on any atom is 0.192 e. The van der Waals surface area contributed by atoms with Crippen molar-refractivity contribution in [3.63, 3.8) is 0 Å². The third-order valence-electron chi connectivity index (χ3n) is 3.76. The minimum absolute atomic E-state index is 0.0484. The van der Waals surface area contributed by atoms with E-state index in [0.29, 0.717) is 0 Å². The number of aromatic nitrogens is 1. The van der Waals surface area contributed by atoms with Gasteiger partial charge in [0.1, 0.15) is 5.69 Å². The lowest BCUT2D eigenvalue weighted by Crippen LogP contribution is -2.40. The molecule has 20 heavy (non-hydrogen) atoms. The van der Waals surface area contributed by atoms with Crippen molar-refractivity contribution in [2.45, 2.75) is 45.5 Å². The summed E-state index contributed by atoms with van der Waals surface area (Å²) < 4.78 is 20.2. The summed E-state index contributed by atoms with van der Waals surface area (Å²) in [5.41, 5.74) is 0.257. The van der Waals surface area contributed by atoms with Crippen molar-refractivity contribution >= 4 is 30.0 Å². The van der Waals surface area contributed by atoms with Crippen LogP contribution in [0.15, 0.2) is 12.3 Å². The number of alkyl halides is 1. The third-order valence-corrected chi connectivity index (χ3v) is 8.75. The van der Waals surface area contributed by atoms with Gasteiger partial charge in [-0.05, 0) is 24.2 Å². The topological polar surface area (TPSA) is 39.2 Å². The lowest BCUT2D eigenvalue weighted by Gasteiger charge is -2.36. The summed E-state index contributed by atoms with van der Waals surface area (Å²) in [6, 6.07) is 1.40. The highest BCUT2D eigenvalue weighted by molar-refractivity contribution is 9.09. The summed E-state index contributed by atoms with van der Waals surface area (Å²) in [5, 5.41) is 0.142. The van der Waals surface area contributed by atoms with Gasteiger partial charge < -0.3 is 4.43 Å². The fourth-order valence-corrected chi connectivity index (χ4v) is 2.57. The van der Waals surface area contributed by atoms with Crippen LogP contribution >= 0.6 is 15.9 Å². The van der Waals surface area contributed by atoms with E-state index >= 15 is 0 Å². The van der Waals surface area contributed by atoms with Crippen LogP contribution in [-0.2, 0) is 11.0 Å². The molecule has 0 aliphatic carbocycles. The largest absolute Gasteiger partial charge is 0.411 e. The van der Waals surface area contributed by atoms with Crippen LogP contribution in [0.3, 0.4) is 0 Å². The first-order chi connectivity index (χ1) is 9.10. The normalized spacial score (nSPS) is 12.6. The first-order valence-electron chi connectivity index (χ1n) is 6.46. The molecule has 3 nitrogen and oxygen atoms in total. The van der Waals surface area contributed by atoms with E-state index in [1.807, 2.05) is 0 Å². The van der Waals surface area contributed by atoms with Crippen molar-refractivity contribution in [1.82, 2.24) is 4.98 Å². The number of carbonyl (C=O) groups excluding carboxylic acids is 1. The number of ketones is 1. The van der Waals surface area contributed by atoms with E-state index in [0.717, 1.165) is 0 Å². The number of rotatable bonds is 5. The Labute approximate surface area is 129 Å². The predicted octanol–water partition coefficient (Wildman–Crippen LogP) is 4.32. The Balaban J connectivity index is 2.93. The van der Waals surface area contributed by atoms with Crippen molar-refractivity contribution in [1.29, 1.82) is 0 Å². The molecule has 0 saturated heterocycles. The molecule has 0 aliphatic rings. The molecule has 1 aromatic rings. The average molecular weight is 362 g/mol. The van der Waals surface area contributed by atoms with Crippen LogP contribution < -0.4 is 0 Å². The van der Waals surface area contributed by atoms with Crippen LogP contribution in [-0.4, -0.2) is 24.4 Å². The number of carbonyl (C=O) groups is 1. The van der Waals surface area contributed by atoms with Crippen molar-refractivity contribution in [2.24, 2.45) is 0 Å². The van der Waals surface area contributed by atoms with Crippen molar-refractivity contribution in [3.05, 3.63) is 29.3 Å². The van der Waals surface area contributed by atoms with Crippen molar-refractivity contribution in [2.75, 3.05) is 5.33 Å². The van der Waals surface area contributed by atoms with Gasteiger partial charge in [0.25, 0.3) is 0 Å². The van der Waals surface area contributed by atoms with Crippen LogP contribution in [0, 0.1) is 5.82 Å². The standard InChI is InChI=1S/C14H21BrFNO2Si/c1-14(2,3)20(4,5)19-9-11-13(16)10(6-7-17-11)12(18)8-15/h6-7H,8-9H2,1-5H3. The van der Waals surface area contributed by atoms with Crippen LogP contribution in [0.1, 0.15) is 36.8 Å². The van der Waals surface area contributed by atoms with E-state index in [9.17, 15) is 9.18 Å². The predicted molar refractivity (Wildman–Crippen MR) is 84.3 cm³/mol. The van der Waals surface area contributed by atoms with Crippen LogP contribution in [0.4, 0.5) is 4.39 Å². The summed E-state index contributed by atoms with van der Waals surface area (Å²) in [5.74, 6) is -0.867.